The van der Waals surface area contributed by atoms with E-state index in [9.17, 15) is 9.18 Å². The van der Waals surface area contributed by atoms with Crippen LogP contribution in [0.15, 0.2) is 24.3 Å². The average Bonchev–Trinajstić information content (AvgIpc) is 2.94. The molecular weight excluding hydrogens is 259 g/mol. The number of amides is 1. The molecule has 0 bridgehead atoms. The van der Waals surface area contributed by atoms with Crippen molar-refractivity contribution in [3.05, 3.63) is 35.6 Å². The summed E-state index contributed by atoms with van der Waals surface area (Å²) in [5.74, 6) is -0.413. The maximum atomic E-state index is 13.8. The molecule has 20 heavy (non-hydrogen) atoms. The normalized spacial score (nSPS) is 23.6. The van der Waals surface area contributed by atoms with E-state index in [0.29, 0.717) is 18.5 Å². The van der Waals surface area contributed by atoms with Crippen LogP contribution < -0.4 is 5.73 Å². The van der Waals surface area contributed by atoms with E-state index in [4.69, 9.17) is 10.5 Å². The smallest absolute Gasteiger partial charge is 0.251 e. The SMILES string of the molecule is CC(c1ccccc1F)N(C)C(=O)C1CCC(CN)O1. The molecule has 0 aromatic heterocycles. The number of rotatable bonds is 4. The number of nitrogens with zero attached hydrogens (tertiary/aromatic N) is 1. The van der Waals surface area contributed by atoms with Gasteiger partial charge in [0.05, 0.1) is 12.1 Å². The summed E-state index contributed by atoms with van der Waals surface area (Å²) in [6, 6.07) is 6.18. The molecule has 1 aromatic carbocycles. The molecule has 1 aliphatic heterocycles. The van der Waals surface area contributed by atoms with Crippen LogP contribution in [0.4, 0.5) is 4.39 Å². The second kappa shape index (κ2) is 6.33. The first-order chi connectivity index (χ1) is 9.54. The van der Waals surface area contributed by atoms with Gasteiger partial charge in [-0.25, -0.2) is 4.39 Å². The van der Waals surface area contributed by atoms with Gasteiger partial charge in [0.1, 0.15) is 11.9 Å². The van der Waals surface area contributed by atoms with E-state index in [0.717, 1.165) is 6.42 Å². The number of carbonyl (C=O) groups is 1. The van der Waals surface area contributed by atoms with Crippen molar-refractivity contribution >= 4 is 5.91 Å². The third-order valence-electron chi connectivity index (χ3n) is 3.93. The first-order valence-corrected chi connectivity index (χ1v) is 6.91. The van der Waals surface area contributed by atoms with Crippen molar-refractivity contribution in [3.8, 4) is 0 Å². The summed E-state index contributed by atoms with van der Waals surface area (Å²) in [7, 11) is 1.68. The predicted molar refractivity (Wildman–Crippen MR) is 74.5 cm³/mol. The minimum atomic E-state index is -0.456. The lowest BCUT2D eigenvalue weighted by Crippen LogP contribution is -2.38. The fourth-order valence-corrected chi connectivity index (χ4v) is 2.50. The summed E-state index contributed by atoms with van der Waals surface area (Å²) in [6.07, 6.45) is 0.980. The molecule has 2 rings (SSSR count). The van der Waals surface area contributed by atoms with Crippen LogP contribution in [0.2, 0.25) is 0 Å². The van der Waals surface area contributed by atoms with Crippen molar-refractivity contribution < 1.29 is 13.9 Å². The number of carbonyl (C=O) groups excluding carboxylic acids is 1. The van der Waals surface area contributed by atoms with Crippen LogP contribution in [0.5, 0.6) is 0 Å². The highest BCUT2D eigenvalue weighted by Crippen LogP contribution is 2.26. The second-order valence-electron chi connectivity index (χ2n) is 5.21. The zero-order valence-corrected chi connectivity index (χ0v) is 11.9. The maximum Gasteiger partial charge on any atom is 0.251 e. The summed E-state index contributed by atoms with van der Waals surface area (Å²) >= 11 is 0. The first kappa shape index (κ1) is 14.9. The van der Waals surface area contributed by atoms with Crippen molar-refractivity contribution in [1.29, 1.82) is 0 Å². The standard InChI is InChI=1S/C15H21FN2O2/c1-10(12-5-3-4-6-13(12)16)18(2)15(19)14-8-7-11(9-17)20-14/h3-6,10-11,14H,7-9,17H2,1-2H3. The van der Waals surface area contributed by atoms with Crippen LogP contribution in [0.1, 0.15) is 31.4 Å². The Morgan fingerprint density at radius 2 is 2.20 bits per heavy atom. The molecule has 0 spiro atoms. The Morgan fingerprint density at radius 3 is 2.80 bits per heavy atom. The molecule has 3 unspecified atom stereocenters. The average molecular weight is 280 g/mol. The number of ether oxygens (including phenoxy) is 1. The number of hydrogen-bond acceptors (Lipinski definition) is 3. The molecule has 0 aliphatic carbocycles. The Morgan fingerprint density at radius 1 is 1.50 bits per heavy atom. The first-order valence-electron chi connectivity index (χ1n) is 6.91. The largest absolute Gasteiger partial charge is 0.364 e. The van der Waals surface area contributed by atoms with Crippen molar-refractivity contribution in [1.82, 2.24) is 4.90 Å². The third kappa shape index (κ3) is 2.99. The van der Waals surface area contributed by atoms with Crippen LogP contribution in [0.25, 0.3) is 0 Å². The van der Waals surface area contributed by atoms with Gasteiger partial charge in [-0.05, 0) is 25.8 Å². The molecule has 3 atom stereocenters. The van der Waals surface area contributed by atoms with Gasteiger partial charge >= 0.3 is 0 Å². The van der Waals surface area contributed by atoms with Crippen LogP contribution in [0, 0.1) is 5.82 Å². The van der Waals surface area contributed by atoms with E-state index in [-0.39, 0.29) is 23.9 Å². The fourth-order valence-electron chi connectivity index (χ4n) is 2.50. The summed E-state index contributed by atoms with van der Waals surface area (Å²) < 4.78 is 19.4. The van der Waals surface area contributed by atoms with E-state index in [1.165, 1.54) is 6.07 Å². The van der Waals surface area contributed by atoms with Crippen molar-refractivity contribution in [2.45, 2.75) is 38.0 Å². The fraction of sp³-hybridized carbons (Fsp3) is 0.533. The monoisotopic (exact) mass is 280 g/mol. The molecule has 0 saturated carbocycles. The summed E-state index contributed by atoms with van der Waals surface area (Å²) in [6.45, 7) is 2.24. The minimum Gasteiger partial charge on any atom is -0.364 e. The van der Waals surface area contributed by atoms with Crippen molar-refractivity contribution in [2.75, 3.05) is 13.6 Å². The van der Waals surface area contributed by atoms with Gasteiger partial charge in [-0.2, -0.15) is 0 Å². The highest BCUT2D eigenvalue weighted by atomic mass is 19.1. The number of halogens is 1. The van der Waals surface area contributed by atoms with Gasteiger partial charge in [0.25, 0.3) is 5.91 Å². The van der Waals surface area contributed by atoms with Crippen LogP contribution in [0.3, 0.4) is 0 Å². The van der Waals surface area contributed by atoms with Gasteiger partial charge in [-0.1, -0.05) is 18.2 Å². The minimum absolute atomic E-state index is 0.0406. The molecular formula is C15H21FN2O2. The second-order valence-corrected chi connectivity index (χ2v) is 5.21. The Hall–Kier alpha value is -1.46. The summed E-state index contributed by atoms with van der Waals surface area (Å²) in [5.41, 5.74) is 6.05. The number of likely N-dealkylation sites (N-methyl/N-ethyl adjacent to an activating group) is 1. The van der Waals surface area contributed by atoms with Gasteiger partial charge in [0, 0.05) is 19.2 Å². The predicted octanol–water partition coefficient (Wildman–Crippen LogP) is 1.85. The van der Waals surface area contributed by atoms with Crippen LogP contribution >= 0.6 is 0 Å². The molecule has 110 valence electrons. The third-order valence-corrected chi connectivity index (χ3v) is 3.93. The Balaban J connectivity index is 2.05. The van der Waals surface area contributed by atoms with Crippen LogP contribution in [-0.4, -0.2) is 36.6 Å². The zero-order valence-electron chi connectivity index (χ0n) is 11.9. The lowest BCUT2D eigenvalue weighted by molar-refractivity contribution is -0.143. The van der Waals surface area contributed by atoms with Crippen molar-refractivity contribution in [3.63, 3.8) is 0 Å². The summed E-state index contributed by atoms with van der Waals surface area (Å²) in [4.78, 5) is 13.9. The van der Waals surface area contributed by atoms with Crippen LogP contribution in [-0.2, 0) is 9.53 Å². The van der Waals surface area contributed by atoms with Gasteiger partial charge < -0.3 is 15.4 Å². The van der Waals surface area contributed by atoms with Gasteiger partial charge in [-0.3, -0.25) is 4.79 Å². The molecule has 1 aromatic rings. The Bertz CT molecular complexity index is 481. The number of benzene rings is 1. The maximum absolute atomic E-state index is 13.8. The van der Waals surface area contributed by atoms with Gasteiger partial charge in [-0.15, -0.1) is 0 Å². The topological polar surface area (TPSA) is 55.6 Å². The van der Waals surface area contributed by atoms with E-state index >= 15 is 0 Å². The van der Waals surface area contributed by atoms with Gasteiger partial charge in [0.2, 0.25) is 0 Å². The number of nitrogens with two attached hydrogens (primary N) is 1. The van der Waals surface area contributed by atoms with E-state index in [1.807, 2.05) is 6.92 Å². The molecule has 1 amide bonds. The summed E-state index contributed by atoms with van der Waals surface area (Å²) in [5, 5.41) is 0. The van der Waals surface area contributed by atoms with E-state index < -0.39 is 6.10 Å². The molecule has 4 nitrogen and oxygen atoms in total. The molecule has 0 radical (unpaired) electrons. The molecule has 1 aliphatic rings. The van der Waals surface area contributed by atoms with Gasteiger partial charge in [0.15, 0.2) is 0 Å². The Labute approximate surface area is 118 Å². The van der Waals surface area contributed by atoms with E-state index in [2.05, 4.69) is 0 Å². The number of hydrogen-bond donors (Lipinski definition) is 1. The molecule has 5 heteroatoms. The quantitative estimate of drug-likeness (QED) is 0.915. The molecule has 1 fully saturated rings. The highest BCUT2D eigenvalue weighted by molar-refractivity contribution is 5.81. The molecule has 1 saturated heterocycles. The molecule has 1 heterocycles. The lowest BCUT2D eigenvalue weighted by atomic mass is 10.1. The zero-order chi connectivity index (χ0) is 14.7. The Kier molecular flexibility index (Phi) is 4.73. The lowest BCUT2D eigenvalue weighted by Gasteiger charge is -2.28. The van der Waals surface area contributed by atoms with E-state index in [1.54, 1.807) is 30.1 Å². The van der Waals surface area contributed by atoms with Crippen molar-refractivity contribution in [2.24, 2.45) is 5.73 Å². The molecule has 2 N–H and O–H groups in total. The highest BCUT2D eigenvalue weighted by Gasteiger charge is 2.33.